The number of nitrogens with zero attached hydrogens (tertiary/aromatic N) is 1. The Hall–Kier alpha value is -0.200. The van der Waals surface area contributed by atoms with Gasteiger partial charge in [-0.3, -0.25) is 14.8 Å². The molecule has 17 N–H and O–H groups in total. The van der Waals surface area contributed by atoms with E-state index in [1.54, 1.807) is 0 Å². The van der Waals surface area contributed by atoms with Crippen LogP contribution >= 0.6 is 15.6 Å². The third kappa shape index (κ3) is 155. The van der Waals surface area contributed by atoms with Gasteiger partial charge in [-0.1, -0.05) is 0 Å². The number of likely N-dealkylation sites (N-methyl/N-ethyl adjacent to an activating group) is 1. The normalized spacial score (nSPS) is 8.12. The predicted octanol–water partition coefficient (Wildman–Crippen LogP) is -9.89. The SMILES string of the molecule is CN(CC(=O)O)C(=N)N.O.O.O.O.O=P(O)(O)O.O=P([O-])(O)O.[Na+]. The maximum atomic E-state index is 9.92. The van der Waals surface area contributed by atoms with Crippen LogP contribution in [0.2, 0.25) is 0 Å². The van der Waals surface area contributed by atoms with Crippen molar-refractivity contribution >= 4 is 27.6 Å². The molecule has 0 spiro atoms. The fourth-order valence-corrected chi connectivity index (χ4v) is 0.288. The van der Waals surface area contributed by atoms with Crippen LogP contribution in [0, 0.1) is 5.41 Å². The predicted molar refractivity (Wildman–Crippen MR) is 72.9 cm³/mol. The molecule has 0 aliphatic rings. The Bertz CT molecular complexity index is 346. The summed E-state index contributed by atoms with van der Waals surface area (Å²) in [7, 11) is -8.09. The second-order valence-electron chi connectivity index (χ2n) is 2.64. The number of phosphoric acid groups is 2. The molecule has 0 aromatic carbocycles. The van der Waals surface area contributed by atoms with Gasteiger partial charge in [-0.15, -0.1) is 0 Å². The van der Waals surface area contributed by atoms with Gasteiger partial charge in [0.1, 0.15) is 6.54 Å². The maximum absolute atomic E-state index is 9.92. The molecule has 0 unspecified atom stereocenters. The summed E-state index contributed by atoms with van der Waals surface area (Å²) in [5, 5.41) is 14.9. The topological polar surface area (TPSA) is 375 Å². The number of carboxylic acids is 1. The number of aliphatic carboxylic acids is 1. The minimum Gasteiger partial charge on any atom is -0.756 e. The molecule has 17 nitrogen and oxygen atoms in total. The monoisotopic (exact) mass is 421 g/mol. The molecule has 0 aliphatic heterocycles. The zero-order valence-corrected chi connectivity index (χ0v) is 16.2. The standard InChI is InChI=1S/C4H9N3O2.Na.2H3O4P.4H2O/c1-7(4(5)6)2-3(8)9;;2*1-5(2,3)4;;;;/h2H2,1H3,(H3,5,6)(H,8,9);;2*(H3,1,2,3,4);4*1H2/q;+1;;;;;;/p-1. The quantitative estimate of drug-likeness (QED) is 0.0891. The minimum atomic E-state index is -4.89. The van der Waals surface area contributed by atoms with Gasteiger partial charge in [-0.05, 0) is 0 Å². The van der Waals surface area contributed by atoms with E-state index in [1.807, 2.05) is 0 Å². The van der Waals surface area contributed by atoms with Crippen LogP contribution in [0.5, 0.6) is 0 Å². The summed E-state index contributed by atoms with van der Waals surface area (Å²) >= 11 is 0. The van der Waals surface area contributed by atoms with Crippen molar-refractivity contribution < 1.29 is 99.9 Å². The Morgan fingerprint density at radius 1 is 1.08 bits per heavy atom. The van der Waals surface area contributed by atoms with E-state index in [0.29, 0.717) is 0 Å². The van der Waals surface area contributed by atoms with E-state index in [9.17, 15) is 4.79 Å². The Balaban J connectivity index is -0.0000000255. The molecule has 0 fully saturated rings. The van der Waals surface area contributed by atoms with Crippen LogP contribution in [0.25, 0.3) is 0 Å². The van der Waals surface area contributed by atoms with Gasteiger partial charge in [0.25, 0.3) is 7.82 Å². The second kappa shape index (κ2) is 22.8. The number of rotatable bonds is 2. The zero-order valence-electron chi connectivity index (χ0n) is 12.4. The summed E-state index contributed by atoms with van der Waals surface area (Å²) in [6.07, 6.45) is 0. The molecule has 0 amide bonds. The minimum absolute atomic E-state index is 0. The van der Waals surface area contributed by atoms with Crippen molar-refractivity contribution in [2.75, 3.05) is 13.6 Å². The average molecular weight is 421 g/mol. The van der Waals surface area contributed by atoms with Crippen LogP contribution in [-0.2, 0) is 13.9 Å². The Labute approximate surface area is 157 Å². The molecule has 0 atom stereocenters. The van der Waals surface area contributed by atoms with E-state index in [0.717, 1.165) is 4.90 Å². The van der Waals surface area contributed by atoms with Crippen LogP contribution in [0.1, 0.15) is 0 Å². The smallest absolute Gasteiger partial charge is 0.756 e. The molecular formula is C4H22N3NaO14P2. The first-order valence-corrected chi connectivity index (χ1v) is 6.95. The fourth-order valence-electron chi connectivity index (χ4n) is 0.288. The molecule has 0 saturated heterocycles. The molecule has 0 rings (SSSR count). The van der Waals surface area contributed by atoms with E-state index in [-0.39, 0.29) is 64.0 Å². The summed E-state index contributed by atoms with van der Waals surface area (Å²) in [6.45, 7) is -0.227. The van der Waals surface area contributed by atoms with Crippen molar-refractivity contribution in [2.24, 2.45) is 5.73 Å². The molecule has 24 heavy (non-hydrogen) atoms. The van der Waals surface area contributed by atoms with Crippen molar-refractivity contribution in [3.63, 3.8) is 0 Å². The van der Waals surface area contributed by atoms with Crippen molar-refractivity contribution in [3.05, 3.63) is 0 Å². The molecular weight excluding hydrogens is 399 g/mol. The molecule has 0 aromatic heterocycles. The van der Waals surface area contributed by atoms with Gasteiger partial charge in [0.2, 0.25) is 0 Å². The fraction of sp³-hybridized carbons (Fsp3) is 0.500. The molecule has 0 aromatic rings. The van der Waals surface area contributed by atoms with Gasteiger partial charge in [0.15, 0.2) is 5.96 Å². The van der Waals surface area contributed by atoms with Crippen LogP contribution in [-0.4, -0.2) is 81.9 Å². The number of carboxylic acid groups (broad SMARTS) is 1. The van der Waals surface area contributed by atoms with E-state index in [2.05, 4.69) is 0 Å². The van der Waals surface area contributed by atoms with Crippen molar-refractivity contribution in [2.45, 2.75) is 0 Å². The first kappa shape index (κ1) is 49.6. The summed E-state index contributed by atoms with van der Waals surface area (Å²) in [4.78, 5) is 55.5. The van der Waals surface area contributed by atoms with Gasteiger partial charge in [-0.2, -0.15) is 0 Å². The average Bonchev–Trinajstić information content (AvgIpc) is 1.94. The molecule has 0 bridgehead atoms. The van der Waals surface area contributed by atoms with E-state index in [4.69, 9.17) is 54.7 Å². The van der Waals surface area contributed by atoms with Gasteiger partial charge in [0.05, 0.1) is 0 Å². The van der Waals surface area contributed by atoms with Crippen LogP contribution in [0.3, 0.4) is 0 Å². The first-order valence-electron chi connectivity index (χ1n) is 3.85. The third-order valence-electron chi connectivity index (χ3n) is 0.784. The van der Waals surface area contributed by atoms with Gasteiger partial charge < -0.3 is 67.0 Å². The van der Waals surface area contributed by atoms with Gasteiger partial charge in [-0.25, -0.2) is 4.57 Å². The number of guanidine groups is 1. The first-order chi connectivity index (χ1) is 8.04. The van der Waals surface area contributed by atoms with Crippen molar-refractivity contribution in [1.29, 1.82) is 5.41 Å². The number of carbonyl (C=O) groups is 1. The van der Waals surface area contributed by atoms with Gasteiger partial charge >= 0.3 is 43.3 Å². The number of nitrogens with two attached hydrogens (primary N) is 1. The Morgan fingerprint density at radius 2 is 1.25 bits per heavy atom. The summed E-state index contributed by atoms with van der Waals surface area (Å²) in [5.41, 5.74) is 4.93. The second-order valence-corrected chi connectivity index (χ2v) is 4.65. The number of nitrogens with one attached hydrogen (secondary N) is 1. The van der Waals surface area contributed by atoms with Crippen LogP contribution in [0.4, 0.5) is 0 Å². The number of hydrogen-bond donors (Lipinski definition) is 8. The Kier molecular flexibility index (Phi) is 47.1. The van der Waals surface area contributed by atoms with E-state index < -0.39 is 21.6 Å². The zero-order chi connectivity index (χ0) is 16.4. The van der Waals surface area contributed by atoms with Gasteiger partial charge in [0, 0.05) is 7.05 Å². The molecule has 148 valence electrons. The molecule has 20 heteroatoms. The molecule has 0 radical (unpaired) electrons. The summed E-state index contributed by atoms with van der Waals surface area (Å²) < 4.78 is 17.7. The van der Waals surface area contributed by atoms with E-state index in [1.165, 1.54) is 7.05 Å². The Morgan fingerprint density at radius 3 is 1.29 bits per heavy atom. The molecule has 0 aliphatic carbocycles. The van der Waals surface area contributed by atoms with Crippen LogP contribution in [0.15, 0.2) is 0 Å². The molecule has 0 saturated carbocycles. The van der Waals surface area contributed by atoms with E-state index >= 15 is 0 Å². The summed E-state index contributed by atoms with van der Waals surface area (Å²) in [6, 6.07) is 0. The number of hydrogen-bond acceptors (Lipinski definition) is 5. The van der Waals surface area contributed by atoms with Crippen molar-refractivity contribution in [3.8, 4) is 0 Å². The largest absolute Gasteiger partial charge is 1.00 e. The maximum Gasteiger partial charge on any atom is 1.00 e. The summed E-state index contributed by atoms with van der Waals surface area (Å²) in [5.74, 6) is -1.23. The third-order valence-corrected chi connectivity index (χ3v) is 0.784. The van der Waals surface area contributed by atoms with Crippen LogP contribution < -0.4 is 40.2 Å². The molecule has 0 heterocycles. The van der Waals surface area contributed by atoms with Crippen molar-refractivity contribution in [1.82, 2.24) is 4.90 Å².